The molecule has 1 unspecified atom stereocenters. The number of rotatable bonds is 3. The molecule has 0 saturated carbocycles. The Balaban J connectivity index is 1.86. The lowest BCUT2D eigenvalue weighted by Gasteiger charge is -2.34. The topological polar surface area (TPSA) is 29.0 Å². The first-order valence-corrected chi connectivity index (χ1v) is 10.9. The summed E-state index contributed by atoms with van der Waals surface area (Å²) in [7, 11) is 0. The standard InChI is InChI=1S/C22H26ClN3S/c1-5-26(15-9-7-6-8-10-15)19-18-16-12-11-14(22(2,3)4)13-17(16)27-20(18)25-21(23)24-19/h6-10,14H,5,11-13H2,1-4H3. The smallest absolute Gasteiger partial charge is 0.225 e. The lowest BCUT2D eigenvalue weighted by atomic mass is 9.72. The number of hydrogen-bond acceptors (Lipinski definition) is 4. The largest absolute Gasteiger partial charge is 0.326 e. The Labute approximate surface area is 170 Å². The second-order valence-electron chi connectivity index (χ2n) is 8.39. The van der Waals surface area contributed by atoms with E-state index in [4.69, 9.17) is 11.6 Å². The summed E-state index contributed by atoms with van der Waals surface area (Å²) in [4.78, 5) is 14.0. The van der Waals surface area contributed by atoms with Crippen LogP contribution in [-0.2, 0) is 12.8 Å². The van der Waals surface area contributed by atoms with Gasteiger partial charge in [0.15, 0.2) is 0 Å². The van der Waals surface area contributed by atoms with Crippen LogP contribution in [0.4, 0.5) is 11.5 Å². The van der Waals surface area contributed by atoms with Gasteiger partial charge in [0.2, 0.25) is 5.28 Å². The summed E-state index contributed by atoms with van der Waals surface area (Å²) in [6.07, 6.45) is 3.46. The molecule has 0 N–H and O–H groups in total. The Bertz CT molecular complexity index is 959. The third-order valence-electron chi connectivity index (χ3n) is 5.73. The molecule has 2 heterocycles. The Morgan fingerprint density at radius 2 is 1.93 bits per heavy atom. The van der Waals surface area contributed by atoms with Crippen molar-refractivity contribution in [3.05, 3.63) is 46.1 Å². The highest BCUT2D eigenvalue weighted by Gasteiger charge is 2.32. The van der Waals surface area contributed by atoms with Crippen molar-refractivity contribution in [2.45, 2.75) is 47.0 Å². The molecule has 2 aromatic heterocycles. The molecule has 0 saturated heterocycles. The van der Waals surface area contributed by atoms with E-state index in [2.05, 4.69) is 66.8 Å². The fourth-order valence-corrected chi connectivity index (χ4v) is 5.64. The predicted octanol–water partition coefficient (Wildman–Crippen LogP) is 6.65. The van der Waals surface area contributed by atoms with E-state index in [1.165, 1.54) is 22.2 Å². The Hall–Kier alpha value is -1.65. The van der Waals surface area contributed by atoms with Crippen LogP contribution in [0.25, 0.3) is 10.2 Å². The fourth-order valence-electron chi connectivity index (χ4n) is 4.13. The molecule has 142 valence electrons. The molecule has 1 aliphatic rings. The molecule has 5 heteroatoms. The summed E-state index contributed by atoms with van der Waals surface area (Å²) in [5.41, 5.74) is 2.91. The zero-order chi connectivity index (χ0) is 19.2. The van der Waals surface area contributed by atoms with Crippen molar-refractivity contribution >= 4 is 44.7 Å². The van der Waals surface area contributed by atoms with Crippen molar-refractivity contribution in [1.29, 1.82) is 0 Å². The Morgan fingerprint density at radius 3 is 2.59 bits per heavy atom. The van der Waals surface area contributed by atoms with Gasteiger partial charge >= 0.3 is 0 Å². The predicted molar refractivity (Wildman–Crippen MR) is 117 cm³/mol. The van der Waals surface area contributed by atoms with E-state index in [1.54, 1.807) is 0 Å². The average molecular weight is 400 g/mol. The number of fused-ring (bicyclic) bond motifs is 3. The molecule has 3 nitrogen and oxygen atoms in total. The van der Waals surface area contributed by atoms with Gasteiger partial charge < -0.3 is 4.90 Å². The van der Waals surface area contributed by atoms with E-state index >= 15 is 0 Å². The lowest BCUT2D eigenvalue weighted by Crippen LogP contribution is -2.26. The number of halogens is 1. The van der Waals surface area contributed by atoms with Gasteiger partial charge in [-0.1, -0.05) is 39.0 Å². The highest BCUT2D eigenvalue weighted by molar-refractivity contribution is 7.19. The summed E-state index contributed by atoms with van der Waals surface area (Å²) in [5, 5.41) is 1.54. The van der Waals surface area contributed by atoms with E-state index in [0.29, 0.717) is 16.6 Å². The maximum atomic E-state index is 6.33. The number of aromatic nitrogens is 2. The number of thiophene rings is 1. The van der Waals surface area contributed by atoms with Crippen molar-refractivity contribution in [2.75, 3.05) is 11.4 Å². The van der Waals surface area contributed by atoms with Crippen LogP contribution < -0.4 is 4.90 Å². The van der Waals surface area contributed by atoms with E-state index in [9.17, 15) is 0 Å². The van der Waals surface area contributed by atoms with Crippen molar-refractivity contribution in [3.8, 4) is 0 Å². The van der Waals surface area contributed by atoms with Gasteiger partial charge in [0.05, 0.1) is 5.39 Å². The zero-order valence-electron chi connectivity index (χ0n) is 16.4. The summed E-state index contributed by atoms with van der Waals surface area (Å²) < 4.78 is 0. The number of aryl methyl sites for hydroxylation is 1. The molecule has 1 aliphatic carbocycles. The van der Waals surface area contributed by atoms with Gasteiger partial charge in [0.1, 0.15) is 10.6 Å². The van der Waals surface area contributed by atoms with Crippen LogP contribution in [0.2, 0.25) is 5.28 Å². The lowest BCUT2D eigenvalue weighted by molar-refractivity contribution is 0.218. The van der Waals surface area contributed by atoms with Crippen molar-refractivity contribution in [3.63, 3.8) is 0 Å². The van der Waals surface area contributed by atoms with Crippen LogP contribution in [0.5, 0.6) is 0 Å². The molecular formula is C22H26ClN3S. The molecule has 0 aliphatic heterocycles. The van der Waals surface area contributed by atoms with E-state index in [-0.39, 0.29) is 0 Å². The summed E-state index contributed by atoms with van der Waals surface area (Å²) in [6, 6.07) is 10.4. The third-order valence-corrected chi connectivity index (χ3v) is 7.04. The van der Waals surface area contributed by atoms with Crippen LogP contribution >= 0.6 is 22.9 Å². The molecule has 3 aromatic rings. The molecule has 1 aromatic carbocycles. The average Bonchev–Trinajstić information content (AvgIpc) is 2.99. The van der Waals surface area contributed by atoms with Gasteiger partial charge in [-0.15, -0.1) is 11.3 Å². The van der Waals surface area contributed by atoms with Crippen molar-refractivity contribution in [1.82, 2.24) is 9.97 Å². The van der Waals surface area contributed by atoms with Crippen LogP contribution in [0.15, 0.2) is 30.3 Å². The van der Waals surface area contributed by atoms with Crippen LogP contribution in [0.1, 0.15) is 44.6 Å². The Kier molecular flexibility index (Phi) is 4.89. The van der Waals surface area contributed by atoms with Gasteiger partial charge in [-0.05, 0) is 66.8 Å². The first-order chi connectivity index (χ1) is 12.9. The minimum Gasteiger partial charge on any atom is -0.326 e. The summed E-state index contributed by atoms with van der Waals surface area (Å²) in [5.74, 6) is 1.66. The molecule has 0 bridgehead atoms. The minimum absolute atomic E-state index is 0.331. The molecular weight excluding hydrogens is 374 g/mol. The fraction of sp³-hybridized carbons (Fsp3) is 0.455. The maximum absolute atomic E-state index is 6.33. The van der Waals surface area contributed by atoms with Crippen LogP contribution in [-0.4, -0.2) is 16.5 Å². The molecule has 1 atom stereocenters. The van der Waals surface area contributed by atoms with Crippen LogP contribution in [0, 0.1) is 11.3 Å². The van der Waals surface area contributed by atoms with Gasteiger partial charge in [-0.25, -0.2) is 4.98 Å². The van der Waals surface area contributed by atoms with Crippen LogP contribution in [0.3, 0.4) is 0 Å². The van der Waals surface area contributed by atoms with Gasteiger partial charge in [-0.2, -0.15) is 4.98 Å². The third kappa shape index (κ3) is 3.45. The number of benzene rings is 1. The normalized spacial score (nSPS) is 17.1. The number of anilines is 2. The van der Waals surface area contributed by atoms with E-state index in [0.717, 1.165) is 35.7 Å². The summed E-state index contributed by atoms with van der Waals surface area (Å²) in [6.45, 7) is 10.1. The quantitative estimate of drug-likeness (QED) is 0.461. The van der Waals surface area contributed by atoms with Gasteiger partial charge in [0.25, 0.3) is 0 Å². The first kappa shape index (κ1) is 18.7. The maximum Gasteiger partial charge on any atom is 0.225 e. The second kappa shape index (κ2) is 7.06. The highest BCUT2D eigenvalue weighted by Crippen LogP contribution is 2.46. The molecule has 4 rings (SSSR count). The van der Waals surface area contributed by atoms with E-state index < -0.39 is 0 Å². The molecule has 0 amide bonds. The molecule has 0 spiro atoms. The summed E-state index contributed by atoms with van der Waals surface area (Å²) >= 11 is 8.14. The zero-order valence-corrected chi connectivity index (χ0v) is 18.0. The highest BCUT2D eigenvalue weighted by atomic mass is 35.5. The number of hydrogen-bond donors (Lipinski definition) is 0. The van der Waals surface area contributed by atoms with E-state index in [1.807, 2.05) is 17.4 Å². The Morgan fingerprint density at radius 1 is 1.19 bits per heavy atom. The van der Waals surface area contributed by atoms with Gasteiger partial charge in [-0.3, -0.25) is 0 Å². The number of nitrogens with zero attached hydrogens (tertiary/aromatic N) is 3. The second-order valence-corrected chi connectivity index (χ2v) is 9.81. The van der Waals surface area contributed by atoms with Crippen molar-refractivity contribution in [2.24, 2.45) is 11.3 Å². The molecule has 0 radical (unpaired) electrons. The number of para-hydroxylation sites is 1. The molecule has 27 heavy (non-hydrogen) atoms. The monoisotopic (exact) mass is 399 g/mol. The van der Waals surface area contributed by atoms with Crippen molar-refractivity contribution < 1.29 is 0 Å². The SMILES string of the molecule is CCN(c1ccccc1)c1nc(Cl)nc2sc3c(c12)CCC(C(C)(C)C)C3. The minimum atomic E-state index is 0.331. The molecule has 0 fully saturated rings. The van der Waals surface area contributed by atoms with Gasteiger partial charge in [0, 0.05) is 17.1 Å². The first-order valence-electron chi connectivity index (χ1n) is 9.69.